The summed E-state index contributed by atoms with van der Waals surface area (Å²) in [5.74, 6) is -0.118. The van der Waals surface area contributed by atoms with Gasteiger partial charge in [-0.3, -0.25) is 4.79 Å². The Labute approximate surface area is 133 Å². The van der Waals surface area contributed by atoms with Crippen molar-refractivity contribution in [1.29, 1.82) is 0 Å². The lowest BCUT2D eigenvalue weighted by atomic mass is 10.1. The molecule has 5 nitrogen and oxygen atoms in total. The molecule has 0 bridgehead atoms. The summed E-state index contributed by atoms with van der Waals surface area (Å²) in [5, 5.41) is 2.85. The zero-order valence-corrected chi connectivity index (χ0v) is 14.6. The second-order valence-electron chi connectivity index (χ2n) is 5.71. The predicted molar refractivity (Wildman–Crippen MR) is 88.9 cm³/mol. The van der Waals surface area contributed by atoms with E-state index in [9.17, 15) is 13.2 Å². The highest BCUT2D eigenvalue weighted by atomic mass is 32.2. The fourth-order valence-electron chi connectivity index (χ4n) is 2.05. The molecule has 0 radical (unpaired) electrons. The molecule has 0 aromatic heterocycles. The van der Waals surface area contributed by atoms with E-state index in [0.717, 1.165) is 17.5 Å². The predicted octanol–water partition coefficient (Wildman–Crippen LogP) is 2.06. The molecule has 1 aromatic rings. The molecule has 0 saturated heterocycles. The largest absolute Gasteiger partial charge is 0.354 e. The minimum Gasteiger partial charge on any atom is -0.354 e. The van der Waals surface area contributed by atoms with Crippen molar-refractivity contribution < 1.29 is 13.2 Å². The van der Waals surface area contributed by atoms with Gasteiger partial charge in [0.2, 0.25) is 15.9 Å². The van der Waals surface area contributed by atoms with Gasteiger partial charge >= 0.3 is 0 Å². The van der Waals surface area contributed by atoms with E-state index in [1.54, 1.807) is 0 Å². The molecule has 1 N–H and O–H groups in total. The SMILES string of the molecule is CCC(C)NC(=O)CCN(Cc1cccc(C)c1)S(C)(=O)=O. The molecule has 1 aromatic carbocycles. The minimum atomic E-state index is -3.35. The number of benzene rings is 1. The molecule has 1 unspecified atom stereocenters. The van der Waals surface area contributed by atoms with Crippen LogP contribution in [-0.4, -0.2) is 37.5 Å². The number of rotatable bonds is 8. The zero-order valence-electron chi connectivity index (χ0n) is 13.8. The van der Waals surface area contributed by atoms with Gasteiger partial charge in [0.05, 0.1) is 6.26 Å². The van der Waals surface area contributed by atoms with Crippen LogP contribution in [0.2, 0.25) is 0 Å². The Morgan fingerprint density at radius 3 is 2.59 bits per heavy atom. The summed E-state index contributed by atoms with van der Waals surface area (Å²) in [6, 6.07) is 7.83. The molecule has 6 heteroatoms. The average Bonchev–Trinajstić information content (AvgIpc) is 2.42. The van der Waals surface area contributed by atoms with E-state index < -0.39 is 10.0 Å². The molecule has 0 aliphatic rings. The first-order chi connectivity index (χ1) is 10.2. The van der Waals surface area contributed by atoms with Crippen LogP contribution in [0.3, 0.4) is 0 Å². The van der Waals surface area contributed by atoms with E-state index in [4.69, 9.17) is 0 Å². The molecule has 0 heterocycles. The van der Waals surface area contributed by atoms with Gasteiger partial charge in [0.25, 0.3) is 0 Å². The van der Waals surface area contributed by atoms with E-state index in [2.05, 4.69) is 5.32 Å². The lowest BCUT2D eigenvalue weighted by Crippen LogP contribution is -2.37. The number of hydrogen-bond donors (Lipinski definition) is 1. The maximum Gasteiger partial charge on any atom is 0.221 e. The number of amides is 1. The van der Waals surface area contributed by atoms with Gasteiger partial charge < -0.3 is 5.32 Å². The van der Waals surface area contributed by atoms with Gasteiger partial charge in [-0.1, -0.05) is 36.8 Å². The van der Waals surface area contributed by atoms with Crippen molar-refractivity contribution >= 4 is 15.9 Å². The standard InChI is InChI=1S/C16H26N2O3S/c1-5-14(3)17-16(19)9-10-18(22(4,20)21)12-15-8-6-7-13(2)11-15/h6-8,11,14H,5,9-10,12H2,1-4H3,(H,17,19). The van der Waals surface area contributed by atoms with E-state index in [1.807, 2.05) is 45.0 Å². The summed E-state index contributed by atoms with van der Waals surface area (Å²) in [6.45, 7) is 6.37. The van der Waals surface area contributed by atoms with Crippen molar-refractivity contribution in [2.45, 2.75) is 46.2 Å². The first-order valence-corrected chi connectivity index (χ1v) is 9.37. The van der Waals surface area contributed by atoms with Crippen LogP contribution >= 0.6 is 0 Å². The van der Waals surface area contributed by atoms with Gasteiger partial charge in [-0.2, -0.15) is 4.31 Å². The lowest BCUT2D eigenvalue weighted by Gasteiger charge is -2.20. The third-order valence-corrected chi connectivity index (χ3v) is 4.77. The topological polar surface area (TPSA) is 66.5 Å². The number of nitrogens with zero attached hydrogens (tertiary/aromatic N) is 1. The number of aryl methyl sites for hydroxylation is 1. The third-order valence-electron chi connectivity index (χ3n) is 3.52. The molecular weight excluding hydrogens is 300 g/mol. The Morgan fingerprint density at radius 1 is 1.36 bits per heavy atom. The summed E-state index contributed by atoms with van der Waals surface area (Å²) in [7, 11) is -3.35. The maximum atomic E-state index is 11.9. The van der Waals surface area contributed by atoms with Crippen molar-refractivity contribution in [3.8, 4) is 0 Å². The van der Waals surface area contributed by atoms with Crippen LogP contribution in [0.5, 0.6) is 0 Å². The van der Waals surface area contributed by atoms with Crippen LogP contribution in [0.15, 0.2) is 24.3 Å². The van der Waals surface area contributed by atoms with Crippen LogP contribution in [0.4, 0.5) is 0 Å². The van der Waals surface area contributed by atoms with Crippen molar-refractivity contribution in [2.24, 2.45) is 0 Å². The second kappa shape index (κ2) is 8.29. The lowest BCUT2D eigenvalue weighted by molar-refractivity contribution is -0.121. The molecule has 1 atom stereocenters. The van der Waals surface area contributed by atoms with Gasteiger partial charge in [-0.05, 0) is 25.8 Å². The molecule has 1 amide bonds. The molecule has 0 saturated carbocycles. The number of carbonyl (C=O) groups excluding carboxylic acids is 1. The van der Waals surface area contributed by atoms with E-state index in [1.165, 1.54) is 10.6 Å². The van der Waals surface area contributed by atoms with Gasteiger partial charge in [0.15, 0.2) is 0 Å². The van der Waals surface area contributed by atoms with Gasteiger partial charge in [-0.25, -0.2) is 8.42 Å². The molecule has 0 spiro atoms. The summed E-state index contributed by atoms with van der Waals surface area (Å²) >= 11 is 0. The van der Waals surface area contributed by atoms with E-state index in [0.29, 0.717) is 0 Å². The normalized spacial score (nSPS) is 13.1. The highest BCUT2D eigenvalue weighted by Crippen LogP contribution is 2.11. The Balaban J connectivity index is 2.69. The van der Waals surface area contributed by atoms with Crippen LogP contribution in [0, 0.1) is 6.92 Å². The molecule has 0 aliphatic carbocycles. The highest BCUT2D eigenvalue weighted by Gasteiger charge is 2.18. The second-order valence-corrected chi connectivity index (χ2v) is 7.69. The Hall–Kier alpha value is -1.40. The first kappa shape index (κ1) is 18.6. The number of nitrogens with one attached hydrogen (secondary N) is 1. The van der Waals surface area contributed by atoms with Crippen molar-refractivity contribution in [3.05, 3.63) is 35.4 Å². The van der Waals surface area contributed by atoms with E-state index >= 15 is 0 Å². The van der Waals surface area contributed by atoms with Gasteiger partial charge in [0, 0.05) is 25.6 Å². The summed E-state index contributed by atoms with van der Waals surface area (Å²) < 4.78 is 25.2. The molecule has 0 fully saturated rings. The molecule has 124 valence electrons. The smallest absolute Gasteiger partial charge is 0.221 e. The Morgan fingerprint density at radius 2 is 2.05 bits per heavy atom. The average molecular weight is 326 g/mol. The molecule has 22 heavy (non-hydrogen) atoms. The Bertz CT molecular complexity index is 599. The van der Waals surface area contributed by atoms with Crippen molar-refractivity contribution in [1.82, 2.24) is 9.62 Å². The van der Waals surface area contributed by atoms with Gasteiger partial charge in [-0.15, -0.1) is 0 Å². The number of sulfonamides is 1. The van der Waals surface area contributed by atoms with E-state index in [-0.39, 0.29) is 31.5 Å². The third kappa shape index (κ3) is 6.58. The fourth-order valence-corrected chi connectivity index (χ4v) is 2.86. The minimum absolute atomic E-state index is 0.107. The summed E-state index contributed by atoms with van der Waals surface area (Å²) in [6.07, 6.45) is 2.20. The Kier molecular flexibility index (Phi) is 7.03. The maximum absolute atomic E-state index is 11.9. The van der Waals surface area contributed by atoms with Crippen LogP contribution < -0.4 is 5.32 Å². The molecule has 1 rings (SSSR count). The van der Waals surface area contributed by atoms with Crippen LogP contribution in [0.25, 0.3) is 0 Å². The summed E-state index contributed by atoms with van der Waals surface area (Å²) in [5.41, 5.74) is 2.01. The number of carbonyl (C=O) groups is 1. The first-order valence-electron chi connectivity index (χ1n) is 7.52. The van der Waals surface area contributed by atoms with Crippen molar-refractivity contribution in [3.63, 3.8) is 0 Å². The van der Waals surface area contributed by atoms with Crippen molar-refractivity contribution in [2.75, 3.05) is 12.8 Å². The zero-order chi connectivity index (χ0) is 16.8. The number of hydrogen-bond acceptors (Lipinski definition) is 3. The highest BCUT2D eigenvalue weighted by molar-refractivity contribution is 7.88. The van der Waals surface area contributed by atoms with Gasteiger partial charge in [0.1, 0.15) is 0 Å². The quantitative estimate of drug-likeness (QED) is 0.795. The molecular formula is C16H26N2O3S. The molecule has 0 aliphatic heterocycles. The monoisotopic (exact) mass is 326 g/mol. The fraction of sp³-hybridized carbons (Fsp3) is 0.562. The summed E-state index contributed by atoms with van der Waals surface area (Å²) in [4.78, 5) is 11.8. The van der Waals surface area contributed by atoms with Crippen LogP contribution in [-0.2, 0) is 21.4 Å². The van der Waals surface area contributed by atoms with Crippen LogP contribution in [0.1, 0.15) is 37.8 Å².